The van der Waals surface area contributed by atoms with Gasteiger partial charge in [-0.1, -0.05) is 43.2 Å². The van der Waals surface area contributed by atoms with E-state index in [1.165, 1.54) is 62.5 Å². The molecule has 0 atom stereocenters. The van der Waals surface area contributed by atoms with Gasteiger partial charge in [-0.2, -0.15) is 0 Å². The maximum atomic E-state index is 5.91. The molecule has 2 heteroatoms. The Kier molecular flexibility index (Phi) is 5.72. The van der Waals surface area contributed by atoms with E-state index in [1.54, 1.807) is 0 Å². The van der Waals surface area contributed by atoms with Gasteiger partial charge in [0, 0.05) is 0 Å². The number of likely N-dealkylation sites (tertiary alicyclic amines) is 1. The summed E-state index contributed by atoms with van der Waals surface area (Å²) in [7, 11) is 0. The van der Waals surface area contributed by atoms with Crippen LogP contribution in [-0.4, -0.2) is 31.1 Å². The van der Waals surface area contributed by atoms with E-state index in [1.807, 2.05) is 0 Å². The molecule has 0 radical (unpaired) electrons. The van der Waals surface area contributed by atoms with Crippen LogP contribution < -0.4 is 4.74 Å². The Bertz CT molecular complexity index is 573. The highest BCUT2D eigenvalue weighted by atomic mass is 16.5. The average Bonchev–Trinajstić information content (AvgIpc) is 2.83. The second-order valence-corrected chi connectivity index (χ2v) is 6.32. The second-order valence-electron chi connectivity index (χ2n) is 6.32. The topological polar surface area (TPSA) is 12.5 Å². The third-order valence-corrected chi connectivity index (χ3v) is 4.56. The van der Waals surface area contributed by atoms with E-state index < -0.39 is 0 Å². The molecule has 22 heavy (non-hydrogen) atoms. The fourth-order valence-corrected chi connectivity index (χ4v) is 3.24. The lowest BCUT2D eigenvalue weighted by atomic mass is 10.1. The highest BCUT2D eigenvalue weighted by Gasteiger charge is 2.07. The largest absolute Gasteiger partial charge is 0.494 e. The van der Waals surface area contributed by atoms with Crippen molar-refractivity contribution in [2.45, 2.75) is 38.5 Å². The maximum Gasteiger partial charge on any atom is 0.119 e. The van der Waals surface area contributed by atoms with Crippen molar-refractivity contribution in [3.05, 3.63) is 42.5 Å². The molecule has 2 aromatic rings. The van der Waals surface area contributed by atoms with E-state index in [0.29, 0.717) is 0 Å². The lowest BCUT2D eigenvalue weighted by Gasteiger charge is -2.19. The molecular formula is C20H27NO. The van der Waals surface area contributed by atoms with Gasteiger partial charge in [-0.05, 0) is 68.2 Å². The Morgan fingerprint density at radius 3 is 2.41 bits per heavy atom. The zero-order valence-corrected chi connectivity index (χ0v) is 13.5. The molecule has 1 saturated heterocycles. The lowest BCUT2D eigenvalue weighted by Crippen LogP contribution is -2.25. The summed E-state index contributed by atoms with van der Waals surface area (Å²) in [6.45, 7) is 4.66. The molecule has 1 aliphatic rings. The summed E-state index contributed by atoms with van der Waals surface area (Å²) in [5, 5.41) is 2.53. The Morgan fingerprint density at radius 2 is 1.59 bits per heavy atom. The molecule has 118 valence electrons. The van der Waals surface area contributed by atoms with Crippen LogP contribution in [0, 0.1) is 0 Å². The summed E-state index contributed by atoms with van der Waals surface area (Å²) in [4.78, 5) is 2.63. The first-order valence-electron chi connectivity index (χ1n) is 8.76. The first-order valence-corrected chi connectivity index (χ1v) is 8.76. The first-order chi connectivity index (χ1) is 10.9. The number of rotatable bonds is 6. The van der Waals surface area contributed by atoms with Gasteiger partial charge in [-0.25, -0.2) is 0 Å². The fraction of sp³-hybridized carbons (Fsp3) is 0.500. The van der Waals surface area contributed by atoms with Crippen molar-refractivity contribution in [1.82, 2.24) is 4.90 Å². The predicted molar refractivity (Wildman–Crippen MR) is 93.6 cm³/mol. The number of fused-ring (bicyclic) bond motifs is 1. The van der Waals surface area contributed by atoms with Crippen molar-refractivity contribution in [3.8, 4) is 5.75 Å². The highest BCUT2D eigenvalue weighted by molar-refractivity contribution is 5.83. The molecule has 1 aliphatic heterocycles. The smallest absolute Gasteiger partial charge is 0.119 e. The van der Waals surface area contributed by atoms with Gasteiger partial charge in [-0.3, -0.25) is 0 Å². The summed E-state index contributed by atoms with van der Waals surface area (Å²) < 4.78 is 5.91. The number of unbranched alkanes of at least 4 members (excludes halogenated alkanes) is 1. The molecule has 3 rings (SSSR count). The van der Waals surface area contributed by atoms with E-state index in [4.69, 9.17) is 4.74 Å². The molecule has 1 fully saturated rings. The van der Waals surface area contributed by atoms with Gasteiger partial charge in [0.15, 0.2) is 0 Å². The van der Waals surface area contributed by atoms with Crippen molar-refractivity contribution in [2.75, 3.05) is 26.2 Å². The van der Waals surface area contributed by atoms with Crippen LogP contribution in [0.4, 0.5) is 0 Å². The molecule has 0 N–H and O–H groups in total. The van der Waals surface area contributed by atoms with Crippen molar-refractivity contribution < 1.29 is 4.74 Å². The number of benzene rings is 2. The number of hydrogen-bond donors (Lipinski definition) is 0. The Morgan fingerprint density at radius 1 is 0.818 bits per heavy atom. The van der Waals surface area contributed by atoms with E-state index in [0.717, 1.165) is 18.8 Å². The van der Waals surface area contributed by atoms with Crippen LogP contribution in [0.25, 0.3) is 10.8 Å². The van der Waals surface area contributed by atoms with Gasteiger partial charge in [-0.15, -0.1) is 0 Å². The average molecular weight is 297 g/mol. The summed E-state index contributed by atoms with van der Waals surface area (Å²) in [6, 6.07) is 14.8. The van der Waals surface area contributed by atoms with Gasteiger partial charge >= 0.3 is 0 Å². The van der Waals surface area contributed by atoms with Crippen molar-refractivity contribution in [3.63, 3.8) is 0 Å². The third-order valence-electron chi connectivity index (χ3n) is 4.56. The maximum absolute atomic E-state index is 5.91. The van der Waals surface area contributed by atoms with Gasteiger partial charge < -0.3 is 9.64 Å². The normalized spacial score (nSPS) is 16.5. The predicted octanol–water partition coefficient (Wildman–Crippen LogP) is 4.87. The van der Waals surface area contributed by atoms with Gasteiger partial charge in [0.25, 0.3) is 0 Å². The number of ether oxygens (including phenoxy) is 1. The number of hydrogen-bond acceptors (Lipinski definition) is 2. The number of nitrogens with zero attached hydrogens (tertiary/aromatic N) is 1. The quantitative estimate of drug-likeness (QED) is 0.705. The molecule has 0 unspecified atom stereocenters. The summed E-state index contributed by atoms with van der Waals surface area (Å²) >= 11 is 0. The molecule has 0 aliphatic carbocycles. The van der Waals surface area contributed by atoms with Gasteiger partial charge in [0.2, 0.25) is 0 Å². The zero-order valence-electron chi connectivity index (χ0n) is 13.5. The van der Waals surface area contributed by atoms with Crippen molar-refractivity contribution >= 4 is 10.8 Å². The molecule has 0 saturated carbocycles. The van der Waals surface area contributed by atoms with E-state index in [2.05, 4.69) is 47.4 Å². The minimum Gasteiger partial charge on any atom is -0.494 e. The van der Waals surface area contributed by atoms with Gasteiger partial charge in [0.1, 0.15) is 5.75 Å². The fourth-order valence-electron chi connectivity index (χ4n) is 3.24. The van der Waals surface area contributed by atoms with E-state index in [-0.39, 0.29) is 0 Å². The van der Waals surface area contributed by atoms with Crippen molar-refractivity contribution in [2.24, 2.45) is 0 Å². The molecule has 2 nitrogen and oxygen atoms in total. The summed E-state index contributed by atoms with van der Waals surface area (Å²) in [6.07, 6.45) is 7.99. The Balaban J connectivity index is 1.38. The SMILES string of the molecule is c1ccc2cc(OCCCCN3CCCCCC3)ccc2c1. The zero-order chi connectivity index (χ0) is 15.0. The van der Waals surface area contributed by atoms with Crippen LogP contribution in [0.2, 0.25) is 0 Å². The first kappa shape index (κ1) is 15.4. The van der Waals surface area contributed by atoms with Crippen LogP contribution in [-0.2, 0) is 0 Å². The highest BCUT2D eigenvalue weighted by Crippen LogP contribution is 2.20. The summed E-state index contributed by atoms with van der Waals surface area (Å²) in [5.41, 5.74) is 0. The second kappa shape index (κ2) is 8.19. The van der Waals surface area contributed by atoms with E-state index in [9.17, 15) is 0 Å². The standard InChI is InChI=1S/C20H27NO/c1-2-6-14-21(13-5-1)15-7-8-16-22-20-12-11-18-9-3-4-10-19(18)17-20/h3-4,9-12,17H,1-2,5-8,13-16H2. The van der Waals surface area contributed by atoms with E-state index >= 15 is 0 Å². The van der Waals surface area contributed by atoms with Gasteiger partial charge in [0.05, 0.1) is 6.61 Å². The Hall–Kier alpha value is -1.54. The van der Waals surface area contributed by atoms with Crippen LogP contribution >= 0.6 is 0 Å². The van der Waals surface area contributed by atoms with Crippen LogP contribution in [0.1, 0.15) is 38.5 Å². The summed E-state index contributed by atoms with van der Waals surface area (Å²) in [5.74, 6) is 0.994. The monoisotopic (exact) mass is 297 g/mol. The molecule has 0 amide bonds. The van der Waals surface area contributed by atoms with Crippen LogP contribution in [0.3, 0.4) is 0 Å². The van der Waals surface area contributed by atoms with Crippen LogP contribution in [0.5, 0.6) is 5.75 Å². The van der Waals surface area contributed by atoms with Crippen LogP contribution in [0.15, 0.2) is 42.5 Å². The van der Waals surface area contributed by atoms with Crippen molar-refractivity contribution in [1.29, 1.82) is 0 Å². The molecule has 0 bridgehead atoms. The molecule has 1 heterocycles. The third kappa shape index (κ3) is 4.48. The molecule has 0 aromatic heterocycles. The minimum atomic E-state index is 0.826. The molecule has 0 spiro atoms. The lowest BCUT2D eigenvalue weighted by molar-refractivity contribution is 0.256. The molecule has 2 aromatic carbocycles. The Labute approximate surface area is 134 Å². The molecular weight excluding hydrogens is 270 g/mol. The minimum absolute atomic E-state index is 0.826.